The standard InChI is InChI=1S/C10H14N4/c1-5-9-12-7(2)6-10(14-9)13-8(3)11-4/h6H,3-5H2,1-2H3,(H,12,13,14). The molecule has 0 unspecified atom stereocenters. The molecular formula is C10H14N4. The van der Waals surface area contributed by atoms with Gasteiger partial charge in [0.1, 0.15) is 17.5 Å². The molecule has 0 fully saturated rings. The summed E-state index contributed by atoms with van der Waals surface area (Å²) in [6, 6.07) is 1.84. The van der Waals surface area contributed by atoms with Crippen LogP contribution < -0.4 is 5.32 Å². The van der Waals surface area contributed by atoms with E-state index in [9.17, 15) is 0 Å². The molecule has 0 aliphatic rings. The predicted molar refractivity (Wildman–Crippen MR) is 58.5 cm³/mol. The number of hydrogen-bond donors (Lipinski definition) is 1. The number of aromatic nitrogens is 2. The first-order chi connectivity index (χ1) is 6.65. The Morgan fingerprint density at radius 2 is 2.29 bits per heavy atom. The van der Waals surface area contributed by atoms with Crippen LogP contribution in [-0.4, -0.2) is 16.7 Å². The Kier molecular flexibility index (Phi) is 3.34. The van der Waals surface area contributed by atoms with E-state index >= 15 is 0 Å². The third-order valence-corrected chi connectivity index (χ3v) is 1.68. The first-order valence-electron chi connectivity index (χ1n) is 4.43. The van der Waals surface area contributed by atoms with Gasteiger partial charge in [0.25, 0.3) is 0 Å². The SMILES string of the molecule is C=NC(=C)Nc1cc(C)nc(CC)n1. The molecule has 14 heavy (non-hydrogen) atoms. The Balaban J connectivity index is 2.91. The molecule has 0 spiro atoms. The van der Waals surface area contributed by atoms with Crippen molar-refractivity contribution in [1.82, 2.24) is 9.97 Å². The summed E-state index contributed by atoms with van der Waals surface area (Å²) in [7, 11) is 0. The van der Waals surface area contributed by atoms with E-state index in [1.165, 1.54) is 0 Å². The zero-order valence-electron chi connectivity index (χ0n) is 8.54. The second-order valence-corrected chi connectivity index (χ2v) is 2.89. The quantitative estimate of drug-likeness (QED) is 0.738. The second-order valence-electron chi connectivity index (χ2n) is 2.89. The lowest BCUT2D eigenvalue weighted by Crippen LogP contribution is -2.03. The minimum absolute atomic E-state index is 0.491. The minimum atomic E-state index is 0.491. The molecule has 74 valence electrons. The third-order valence-electron chi connectivity index (χ3n) is 1.68. The van der Waals surface area contributed by atoms with E-state index in [0.717, 1.165) is 17.9 Å². The van der Waals surface area contributed by atoms with Crippen LogP contribution in [0.5, 0.6) is 0 Å². The van der Waals surface area contributed by atoms with Gasteiger partial charge in [-0.2, -0.15) is 0 Å². The topological polar surface area (TPSA) is 50.2 Å². The van der Waals surface area contributed by atoms with Gasteiger partial charge in [-0.15, -0.1) is 0 Å². The Morgan fingerprint density at radius 1 is 1.57 bits per heavy atom. The van der Waals surface area contributed by atoms with Gasteiger partial charge in [0.2, 0.25) is 0 Å². The summed E-state index contributed by atoms with van der Waals surface area (Å²) in [4.78, 5) is 12.2. The third kappa shape index (κ3) is 2.65. The largest absolute Gasteiger partial charge is 0.325 e. The van der Waals surface area contributed by atoms with Crippen molar-refractivity contribution in [3.8, 4) is 0 Å². The molecule has 0 bridgehead atoms. The molecule has 1 aromatic rings. The smallest absolute Gasteiger partial charge is 0.135 e. The molecule has 0 aromatic carbocycles. The Hall–Kier alpha value is -1.71. The van der Waals surface area contributed by atoms with Gasteiger partial charge in [0.15, 0.2) is 0 Å². The van der Waals surface area contributed by atoms with Crippen LogP contribution in [0.3, 0.4) is 0 Å². The number of nitrogens with one attached hydrogen (secondary N) is 1. The molecule has 1 aromatic heterocycles. The van der Waals surface area contributed by atoms with Gasteiger partial charge in [-0.1, -0.05) is 13.5 Å². The van der Waals surface area contributed by atoms with Gasteiger partial charge < -0.3 is 5.32 Å². The molecule has 0 atom stereocenters. The van der Waals surface area contributed by atoms with Crippen molar-refractivity contribution >= 4 is 12.5 Å². The van der Waals surface area contributed by atoms with E-state index < -0.39 is 0 Å². The molecule has 0 saturated carbocycles. The summed E-state index contributed by atoms with van der Waals surface area (Å²) < 4.78 is 0. The summed E-state index contributed by atoms with van der Waals surface area (Å²) in [5.41, 5.74) is 0.927. The van der Waals surface area contributed by atoms with Crippen LogP contribution in [0.15, 0.2) is 23.5 Å². The number of aliphatic imine (C=N–C) groups is 1. The lowest BCUT2D eigenvalue weighted by Gasteiger charge is -2.06. The highest BCUT2D eigenvalue weighted by Crippen LogP contribution is 2.08. The molecule has 4 heteroatoms. The van der Waals surface area contributed by atoms with Crippen LogP contribution >= 0.6 is 0 Å². The number of anilines is 1. The van der Waals surface area contributed by atoms with Gasteiger partial charge in [-0.25, -0.2) is 15.0 Å². The summed E-state index contributed by atoms with van der Waals surface area (Å²) in [6.45, 7) is 11.0. The summed E-state index contributed by atoms with van der Waals surface area (Å²) in [5.74, 6) is 2.02. The van der Waals surface area contributed by atoms with E-state index in [1.807, 2.05) is 19.9 Å². The molecule has 0 amide bonds. The van der Waals surface area contributed by atoms with Gasteiger partial charge in [0, 0.05) is 18.2 Å². The zero-order valence-corrected chi connectivity index (χ0v) is 8.54. The van der Waals surface area contributed by atoms with Crippen LogP contribution in [0.2, 0.25) is 0 Å². The Bertz CT molecular complexity index is 357. The maximum atomic E-state index is 4.27. The van der Waals surface area contributed by atoms with E-state index in [2.05, 4.69) is 33.6 Å². The number of nitrogens with zero attached hydrogens (tertiary/aromatic N) is 3. The first-order valence-corrected chi connectivity index (χ1v) is 4.43. The van der Waals surface area contributed by atoms with E-state index in [0.29, 0.717) is 11.6 Å². The summed E-state index contributed by atoms with van der Waals surface area (Å²) in [5, 5.41) is 2.93. The second kappa shape index (κ2) is 4.50. The molecular weight excluding hydrogens is 176 g/mol. The van der Waals surface area contributed by atoms with E-state index in [-0.39, 0.29) is 0 Å². The maximum absolute atomic E-state index is 4.27. The highest BCUT2D eigenvalue weighted by Gasteiger charge is 2.00. The van der Waals surface area contributed by atoms with Crippen LogP contribution in [0.4, 0.5) is 5.82 Å². The van der Waals surface area contributed by atoms with Crippen molar-refractivity contribution in [1.29, 1.82) is 0 Å². The van der Waals surface area contributed by atoms with Crippen LogP contribution in [0.1, 0.15) is 18.4 Å². The first kappa shape index (κ1) is 10.4. The van der Waals surface area contributed by atoms with Crippen LogP contribution in [0, 0.1) is 6.92 Å². The molecule has 0 radical (unpaired) electrons. The Morgan fingerprint density at radius 3 is 2.86 bits per heavy atom. The number of hydrogen-bond acceptors (Lipinski definition) is 4. The highest BCUT2D eigenvalue weighted by molar-refractivity contribution is 5.43. The summed E-state index contributed by atoms with van der Waals surface area (Å²) >= 11 is 0. The predicted octanol–water partition coefficient (Wildman–Crippen LogP) is 1.93. The van der Waals surface area contributed by atoms with Crippen molar-refractivity contribution in [2.45, 2.75) is 20.3 Å². The number of aryl methyl sites for hydroxylation is 2. The van der Waals surface area contributed by atoms with Crippen molar-refractivity contribution in [2.75, 3.05) is 5.32 Å². The fraction of sp³-hybridized carbons (Fsp3) is 0.300. The van der Waals surface area contributed by atoms with Crippen LogP contribution in [0.25, 0.3) is 0 Å². The lowest BCUT2D eigenvalue weighted by molar-refractivity contribution is 0.919. The van der Waals surface area contributed by atoms with Gasteiger partial charge in [-0.3, -0.25) is 0 Å². The maximum Gasteiger partial charge on any atom is 0.135 e. The molecule has 1 rings (SSSR count). The van der Waals surface area contributed by atoms with Crippen molar-refractivity contribution in [2.24, 2.45) is 4.99 Å². The van der Waals surface area contributed by atoms with Gasteiger partial charge >= 0.3 is 0 Å². The molecule has 1 heterocycles. The zero-order chi connectivity index (χ0) is 10.6. The minimum Gasteiger partial charge on any atom is -0.325 e. The average Bonchev–Trinajstić information content (AvgIpc) is 2.16. The monoisotopic (exact) mass is 190 g/mol. The van der Waals surface area contributed by atoms with Gasteiger partial charge in [-0.05, 0) is 13.6 Å². The summed E-state index contributed by atoms with van der Waals surface area (Å²) in [6.07, 6.45) is 0.810. The molecule has 1 N–H and O–H groups in total. The lowest BCUT2D eigenvalue weighted by atomic mass is 10.3. The molecule has 0 aliphatic heterocycles. The molecule has 4 nitrogen and oxygen atoms in total. The van der Waals surface area contributed by atoms with Crippen molar-refractivity contribution in [3.63, 3.8) is 0 Å². The van der Waals surface area contributed by atoms with Gasteiger partial charge in [0.05, 0.1) is 0 Å². The molecule has 0 aliphatic carbocycles. The van der Waals surface area contributed by atoms with Crippen LogP contribution in [-0.2, 0) is 6.42 Å². The fourth-order valence-corrected chi connectivity index (χ4v) is 1.04. The van der Waals surface area contributed by atoms with E-state index in [4.69, 9.17) is 0 Å². The van der Waals surface area contributed by atoms with Crippen molar-refractivity contribution in [3.05, 3.63) is 30.0 Å². The average molecular weight is 190 g/mol. The van der Waals surface area contributed by atoms with Crippen molar-refractivity contribution < 1.29 is 0 Å². The van der Waals surface area contributed by atoms with E-state index in [1.54, 1.807) is 0 Å². The number of rotatable bonds is 4. The fourth-order valence-electron chi connectivity index (χ4n) is 1.04. The normalized spacial score (nSPS) is 9.57. The molecule has 0 saturated heterocycles. The Labute approximate surface area is 83.8 Å². The highest BCUT2D eigenvalue weighted by atomic mass is 15.1.